The molecule has 1 aromatic rings. The molecule has 27 heavy (non-hydrogen) atoms. The molecule has 1 aliphatic heterocycles. The van der Waals surface area contributed by atoms with Gasteiger partial charge in [0.1, 0.15) is 17.7 Å². The number of hydrogen-bond acceptors (Lipinski definition) is 4. The summed E-state index contributed by atoms with van der Waals surface area (Å²) in [7, 11) is 0. The zero-order chi connectivity index (χ0) is 19.2. The third-order valence-electron chi connectivity index (χ3n) is 6.30. The Labute approximate surface area is 157 Å². The van der Waals surface area contributed by atoms with Crippen LogP contribution >= 0.6 is 0 Å². The Hall–Kier alpha value is -2.57. The molecule has 3 N–H and O–H groups in total. The number of aromatic nitrogens is 1. The maximum Gasteiger partial charge on any atom is 0.322 e. The van der Waals surface area contributed by atoms with Crippen LogP contribution in [0.25, 0.3) is 5.76 Å². The van der Waals surface area contributed by atoms with Gasteiger partial charge in [0.05, 0.1) is 5.69 Å². The molecule has 144 valence electrons. The number of nitrogens with zero attached hydrogens (tertiary/aromatic N) is 1. The summed E-state index contributed by atoms with van der Waals surface area (Å²) in [5.74, 6) is -2.37. The van der Waals surface area contributed by atoms with E-state index in [9.17, 15) is 19.5 Å². The normalized spacial score (nSPS) is 21.7. The lowest BCUT2D eigenvalue weighted by molar-refractivity contribution is -0.138. The zero-order valence-corrected chi connectivity index (χ0v) is 15.2. The van der Waals surface area contributed by atoms with Gasteiger partial charge in [-0.1, -0.05) is 25.7 Å². The molecule has 2 aliphatic carbocycles. The van der Waals surface area contributed by atoms with Gasteiger partial charge in [-0.3, -0.25) is 14.4 Å². The van der Waals surface area contributed by atoms with Crippen molar-refractivity contribution < 1.29 is 24.6 Å². The number of hydrogen-bond donors (Lipinski definition) is 3. The number of ketones is 1. The van der Waals surface area contributed by atoms with Crippen LogP contribution in [-0.2, 0) is 19.9 Å². The molecular formula is C20H24N2O5. The summed E-state index contributed by atoms with van der Waals surface area (Å²) in [4.78, 5) is 36.7. The Kier molecular flexibility index (Phi) is 4.32. The second-order valence-corrected chi connectivity index (χ2v) is 7.83. The number of amides is 1. The maximum atomic E-state index is 13.4. The smallest absolute Gasteiger partial charge is 0.322 e. The van der Waals surface area contributed by atoms with Crippen molar-refractivity contribution >= 4 is 23.4 Å². The molecule has 7 nitrogen and oxygen atoms in total. The minimum absolute atomic E-state index is 0.304. The number of aliphatic hydroxyl groups is 1. The number of fused-ring (bicyclic) bond motifs is 2. The fourth-order valence-electron chi connectivity index (χ4n) is 5.09. The summed E-state index contributed by atoms with van der Waals surface area (Å²) in [6, 6.07) is 3.77. The molecule has 2 saturated carbocycles. The van der Waals surface area contributed by atoms with Crippen molar-refractivity contribution in [3.63, 3.8) is 0 Å². The van der Waals surface area contributed by atoms with Gasteiger partial charge < -0.3 is 20.1 Å². The standard InChI is InChI=1S/C20H24N2O5/c23-15(24)11-21-19(27)16-17(25)14-8-7-13(12-5-1-2-6-12)22(14)20(18(16)26)9-3-4-10-20/h7-8,12,25H,1-6,9-11H2,(H,21,27)(H,23,24). The molecule has 2 heterocycles. The van der Waals surface area contributed by atoms with Crippen molar-refractivity contribution in [3.8, 4) is 0 Å². The highest BCUT2D eigenvalue weighted by Crippen LogP contribution is 2.48. The van der Waals surface area contributed by atoms with Gasteiger partial charge in [-0.25, -0.2) is 0 Å². The third-order valence-corrected chi connectivity index (χ3v) is 6.30. The third kappa shape index (κ3) is 2.67. The van der Waals surface area contributed by atoms with Crippen LogP contribution in [0.5, 0.6) is 0 Å². The van der Waals surface area contributed by atoms with Crippen LogP contribution in [0, 0.1) is 0 Å². The van der Waals surface area contributed by atoms with E-state index < -0.39 is 24.0 Å². The van der Waals surface area contributed by atoms with Crippen LogP contribution in [0.2, 0.25) is 0 Å². The zero-order valence-electron chi connectivity index (χ0n) is 15.2. The summed E-state index contributed by atoms with van der Waals surface area (Å²) in [6.07, 6.45) is 7.52. The lowest BCUT2D eigenvalue weighted by Crippen LogP contribution is -2.48. The summed E-state index contributed by atoms with van der Waals surface area (Å²) in [5.41, 5.74) is 0.439. The molecule has 1 spiro atoms. The Morgan fingerprint density at radius 1 is 1.15 bits per heavy atom. The average molecular weight is 372 g/mol. The number of rotatable bonds is 4. The fourth-order valence-corrected chi connectivity index (χ4v) is 5.09. The first-order valence-electron chi connectivity index (χ1n) is 9.66. The molecule has 0 unspecified atom stereocenters. The van der Waals surface area contributed by atoms with E-state index in [-0.39, 0.29) is 17.1 Å². The first-order valence-corrected chi connectivity index (χ1v) is 9.66. The Balaban J connectivity index is 1.83. The monoisotopic (exact) mass is 372 g/mol. The van der Waals surface area contributed by atoms with Gasteiger partial charge in [0.15, 0.2) is 11.5 Å². The Morgan fingerprint density at radius 2 is 1.81 bits per heavy atom. The van der Waals surface area contributed by atoms with E-state index in [0.29, 0.717) is 24.5 Å². The van der Waals surface area contributed by atoms with Gasteiger partial charge in [0.25, 0.3) is 5.91 Å². The van der Waals surface area contributed by atoms with E-state index in [1.807, 2.05) is 10.6 Å². The minimum Gasteiger partial charge on any atom is -0.505 e. The Bertz CT molecular complexity index is 839. The SMILES string of the molecule is O=C(O)CNC(=O)C1=C(O)c2ccc(C3CCCC3)n2C2(CCCC2)C1=O. The van der Waals surface area contributed by atoms with Gasteiger partial charge in [-0.2, -0.15) is 0 Å². The molecule has 3 aliphatic rings. The molecular weight excluding hydrogens is 348 g/mol. The molecule has 0 radical (unpaired) electrons. The predicted molar refractivity (Wildman–Crippen MR) is 97.3 cm³/mol. The number of aliphatic carboxylic acids is 1. The minimum atomic E-state index is -1.20. The number of carbonyl (C=O) groups is 3. The fraction of sp³-hybridized carbons (Fsp3) is 0.550. The second-order valence-electron chi connectivity index (χ2n) is 7.83. The molecule has 7 heteroatoms. The van der Waals surface area contributed by atoms with Crippen LogP contribution in [0.4, 0.5) is 0 Å². The van der Waals surface area contributed by atoms with Gasteiger partial charge in [0.2, 0.25) is 0 Å². The molecule has 4 rings (SSSR count). The largest absolute Gasteiger partial charge is 0.505 e. The van der Waals surface area contributed by atoms with E-state index in [0.717, 1.165) is 44.2 Å². The summed E-state index contributed by atoms with van der Waals surface area (Å²) >= 11 is 0. The van der Waals surface area contributed by atoms with Crippen molar-refractivity contribution in [2.45, 2.75) is 62.8 Å². The predicted octanol–water partition coefficient (Wildman–Crippen LogP) is 2.47. The molecule has 1 aromatic heterocycles. The topological polar surface area (TPSA) is 109 Å². The van der Waals surface area contributed by atoms with Crippen LogP contribution in [-0.4, -0.2) is 39.0 Å². The van der Waals surface area contributed by atoms with Gasteiger partial charge in [-0.15, -0.1) is 0 Å². The number of carbonyl (C=O) groups excluding carboxylic acids is 2. The quantitative estimate of drug-likeness (QED) is 0.704. The van der Waals surface area contributed by atoms with Gasteiger partial charge in [0, 0.05) is 5.69 Å². The van der Waals surface area contributed by atoms with Crippen molar-refractivity contribution in [2.75, 3.05) is 6.54 Å². The number of carboxylic acid groups (broad SMARTS) is 1. The highest BCUT2D eigenvalue weighted by molar-refractivity contribution is 6.27. The van der Waals surface area contributed by atoms with Gasteiger partial charge >= 0.3 is 5.97 Å². The number of aliphatic hydroxyl groups excluding tert-OH is 1. The number of Topliss-reactive ketones (excluding diaryl/α,β-unsaturated/α-hetero) is 1. The van der Waals surface area contributed by atoms with Crippen LogP contribution in [0.3, 0.4) is 0 Å². The van der Waals surface area contributed by atoms with Crippen molar-refractivity contribution in [1.82, 2.24) is 9.88 Å². The molecule has 0 aromatic carbocycles. The van der Waals surface area contributed by atoms with E-state index in [1.54, 1.807) is 6.07 Å². The van der Waals surface area contributed by atoms with E-state index in [4.69, 9.17) is 5.11 Å². The number of nitrogens with one attached hydrogen (secondary N) is 1. The first kappa shape index (κ1) is 17.8. The second kappa shape index (κ2) is 6.55. The molecule has 1 amide bonds. The maximum absolute atomic E-state index is 13.4. The Morgan fingerprint density at radius 3 is 2.44 bits per heavy atom. The molecule has 2 fully saturated rings. The van der Waals surface area contributed by atoms with E-state index >= 15 is 0 Å². The summed E-state index contributed by atoms with van der Waals surface area (Å²) in [6.45, 7) is -0.593. The lowest BCUT2D eigenvalue weighted by atomic mass is 9.82. The molecule has 0 bridgehead atoms. The molecule has 0 atom stereocenters. The average Bonchev–Trinajstić information content (AvgIpc) is 3.38. The summed E-state index contributed by atoms with van der Waals surface area (Å²) < 4.78 is 2.00. The summed E-state index contributed by atoms with van der Waals surface area (Å²) in [5, 5.41) is 21.8. The van der Waals surface area contributed by atoms with Crippen LogP contribution in [0.15, 0.2) is 17.7 Å². The molecule has 0 saturated heterocycles. The highest BCUT2D eigenvalue weighted by atomic mass is 16.4. The van der Waals surface area contributed by atoms with Gasteiger partial charge in [-0.05, 0) is 43.7 Å². The highest BCUT2D eigenvalue weighted by Gasteiger charge is 2.52. The lowest BCUT2D eigenvalue weighted by Gasteiger charge is -2.38. The van der Waals surface area contributed by atoms with E-state index in [1.165, 1.54) is 0 Å². The first-order chi connectivity index (χ1) is 13.0. The van der Waals surface area contributed by atoms with Crippen LogP contribution < -0.4 is 5.32 Å². The van der Waals surface area contributed by atoms with Crippen molar-refractivity contribution in [1.29, 1.82) is 0 Å². The van der Waals surface area contributed by atoms with Crippen LogP contribution in [0.1, 0.15) is 68.7 Å². The number of carboxylic acids is 1. The van der Waals surface area contributed by atoms with Crippen molar-refractivity contribution in [3.05, 3.63) is 29.1 Å². The van der Waals surface area contributed by atoms with E-state index in [2.05, 4.69) is 5.32 Å². The van der Waals surface area contributed by atoms with Crippen molar-refractivity contribution in [2.24, 2.45) is 0 Å².